The number of nitrogens with one attached hydrogen (secondary N) is 1. The van der Waals surface area contributed by atoms with E-state index in [0.29, 0.717) is 17.2 Å². The highest BCUT2D eigenvalue weighted by Crippen LogP contribution is 2.28. The van der Waals surface area contributed by atoms with E-state index in [9.17, 15) is 9.90 Å². The van der Waals surface area contributed by atoms with Crippen LogP contribution in [-0.2, 0) is 0 Å². The maximum Gasteiger partial charge on any atom is 0.337 e. The minimum Gasteiger partial charge on any atom is -0.478 e. The van der Waals surface area contributed by atoms with Crippen molar-refractivity contribution in [3.8, 4) is 0 Å². The van der Waals surface area contributed by atoms with Crippen LogP contribution in [0.5, 0.6) is 0 Å². The second-order valence-corrected chi connectivity index (χ2v) is 4.67. The molecule has 17 heavy (non-hydrogen) atoms. The van der Waals surface area contributed by atoms with Gasteiger partial charge in [0.05, 0.1) is 17.4 Å². The summed E-state index contributed by atoms with van der Waals surface area (Å²) >= 11 is 0. The van der Waals surface area contributed by atoms with Crippen LogP contribution in [0.1, 0.15) is 28.8 Å². The number of carboxylic acid groups (broad SMARTS) is 1. The SMILES string of the molecule is Cc1cccc(C(=O)O)c1NCC1CC(O)C1. The minimum atomic E-state index is -0.912. The molecule has 4 nitrogen and oxygen atoms in total. The van der Waals surface area contributed by atoms with E-state index in [4.69, 9.17) is 5.11 Å². The van der Waals surface area contributed by atoms with Crippen molar-refractivity contribution in [2.45, 2.75) is 25.9 Å². The number of aliphatic hydroxyl groups excluding tert-OH is 1. The smallest absolute Gasteiger partial charge is 0.337 e. The first-order valence-electron chi connectivity index (χ1n) is 5.82. The second kappa shape index (κ2) is 4.75. The predicted molar refractivity (Wildman–Crippen MR) is 65.4 cm³/mol. The molecule has 1 fully saturated rings. The molecule has 1 aromatic carbocycles. The molecule has 1 saturated carbocycles. The van der Waals surface area contributed by atoms with E-state index in [2.05, 4.69) is 5.32 Å². The molecule has 2 rings (SSSR count). The van der Waals surface area contributed by atoms with Gasteiger partial charge in [0.25, 0.3) is 0 Å². The maximum atomic E-state index is 11.1. The molecular formula is C13H17NO3. The third-order valence-corrected chi connectivity index (χ3v) is 3.28. The van der Waals surface area contributed by atoms with E-state index in [-0.39, 0.29) is 6.10 Å². The number of aryl methyl sites for hydroxylation is 1. The zero-order chi connectivity index (χ0) is 12.4. The largest absolute Gasteiger partial charge is 0.478 e. The van der Waals surface area contributed by atoms with Crippen LogP contribution in [0, 0.1) is 12.8 Å². The van der Waals surface area contributed by atoms with Crippen molar-refractivity contribution >= 4 is 11.7 Å². The molecular weight excluding hydrogens is 218 g/mol. The lowest BCUT2D eigenvalue weighted by atomic mass is 9.82. The number of para-hydroxylation sites is 1. The molecule has 0 atom stereocenters. The van der Waals surface area contributed by atoms with Gasteiger partial charge >= 0.3 is 5.97 Å². The Morgan fingerprint density at radius 3 is 2.76 bits per heavy atom. The first kappa shape index (κ1) is 11.9. The summed E-state index contributed by atoms with van der Waals surface area (Å²) in [6.45, 7) is 2.62. The van der Waals surface area contributed by atoms with Crippen molar-refractivity contribution < 1.29 is 15.0 Å². The van der Waals surface area contributed by atoms with Crippen LogP contribution in [0.4, 0.5) is 5.69 Å². The number of aliphatic hydroxyl groups is 1. The number of rotatable bonds is 4. The van der Waals surface area contributed by atoms with Gasteiger partial charge < -0.3 is 15.5 Å². The van der Waals surface area contributed by atoms with E-state index in [1.165, 1.54) is 0 Å². The molecule has 0 amide bonds. The summed E-state index contributed by atoms with van der Waals surface area (Å²) in [5.41, 5.74) is 1.94. The standard InChI is InChI=1S/C13H17NO3/c1-8-3-2-4-11(13(16)17)12(8)14-7-9-5-10(15)6-9/h2-4,9-10,14-15H,5-7H2,1H3,(H,16,17). The Balaban J connectivity index is 2.06. The molecule has 0 saturated heterocycles. The van der Waals surface area contributed by atoms with Crippen LogP contribution in [-0.4, -0.2) is 28.8 Å². The molecule has 1 aliphatic carbocycles. The zero-order valence-electron chi connectivity index (χ0n) is 9.81. The Hall–Kier alpha value is -1.55. The van der Waals surface area contributed by atoms with Crippen LogP contribution in [0.25, 0.3) is 0 Å². The lowest BCUT2D eigenvalue weighted by molar-refractivity contribution is 0.0486. The lowest BCUT2D eigenvalue weighted by Crippen LogP contribution is -2.33. The summed E-state index contributed by atoms with van der Waals surface area (Å²) in [6.07, 6.45) is 1.44. The number of anilines is 1. The Morgan fingerprint density at radius 2 is 2.18 bits per heavy atom. The molecule has 0 unspecified atom stereocenters. The van der Waals surface area contributed by atoms with Gasteiger partial charge in [-0.3, -0.25) is 0 Å². The van der Waals surface area contributed by atoms with E-state index in [0.717, 1.165) is 24.9 Å². The van der Waals surface area contributed by atoms with Crippen molar-refractivity contribution in [3.63, 3.8) is 0 Å². The summed E-state index contributed by atoms with van der Waals surface area (Å²) in [5, 5.41) is 21.5. The quantitative estimate of drug-likeness (QED) is 0.745. The van der Waals surface area contributed by atoms with Crippen LogP contribution in [0.3, 0.4) is 0 Å². The molecule has 0 spiro atoms. The second-order valence-electron chi connectivity index (χ2n) is 4.67. The summed E-state index contributed by atoms with van der Waals surface area (Å²) in [4.78, 5) is 11.1. The summed E-state index contributed by atoms with van der Waals surface area (Å²) in [5.74, 6) is -0.462. The zero-order valence-corrected chi connectivity index (χ0v) is 9.81. The number of carbonyl (C=O) groups is 1. The highest BCUT2D eigenvalue weighted by molar-refractivity contribution is 5.95. The first-order valence-corrected chi connectivity index (χ1v) is 5.82. The normalized spacial score (nSPS) is 22.9. The molecule has 0 heterocycles. The van der Waals surface area contributed by atoms with Gasteiger partial charge in [-0.1, -0.05) is 12.1 Å². The van der Waals surface area contributed by atoms with Gasteiger partial charge in [-0.15, -0.1) is 0 Å². The maximum absolute atomic E-state index is 11.1. The van der Waals surface area contributed by atoms with Crippen molar-refractivity contribution in [3.05, 3.63) is 29.3 Å². The molecule has 4 heteroatoms. The number of carboxylic acids is 1. The van der Waals surface area contributed by atoms with Crippen molar-refractivity contribution in [2.24, 2.45) is 5.92 Å². The van der Waals surface area contributed by atoms with Crippen molar-refractivity contribution in [1.82, 2.24) is 0 Å². The Morgan fingerprint density at radius 1 is 1.47 bits per heavy atom. The molecule has 0 aliphatic heterocycles. The number of aromatic carboxylic acids is 1. The number of hydrogen-bond acceptors (Lipinski definition) is 3. The fraction of sp³-hybridized carbons (Fsp3) is 0.462. The van der Waals surface area contributed by atoms with Gasteiger partial charge in [0.15, 0.2) is 0 Å². The van der Waals surface area contributed by atoms with Gasteiger partial charge in [0, 0.05) is 6.54 Å². The third kappa shape index (κ3) is 2.58. The summed E-state index contributed by atoms with van der Waals surface area (Å²) in [7, 11) is 0. The Bertz CT molecular complexity index is 425. The average Bonchev–Trinajstić information content (AvgIpc) is 2.23. The van der Waals surface area contributed by atoms with Gasteiger partial charge in [-0.2, -0.15) is 0 Å². The molecule has 1 aliphatic rings. The van der Waals surface area contributed by atoms with Crippen LogP contribution >= 0.6 is 0 Å². The third-order valence-electron chi connectivity index (χ3n) is 3.28. The fourth-order valence-corrected chi connectivity index (χ4v) is 2.19. The molecule has 3 N–H and O–H groups in total. The highest BCUT2D eigenvalue weighted by Gasteiger charge is 2.27. The molecule has 0 bridgehead atoms. The Labute approximate surface area is 100 Å². The van der Waals surface area contributed by atoms with E-state index < -0.39 is 5.97 Å². The Kier molecular flexibility index (Phi) is 3.33. The van der Waals surface area contributed by atoms with E-state index in [1.54, 1.807) is 12.1 Å². The minimum absolute atomic E-state index is 0.169. The predicted octanol–water partition coefficient (Wildman–Crippen LogP) is 1.88. The van der Waals surface area contributed by atoms with Gasteiger partial charge in [-0.25, -0.2) is 4.79 Å². The number of benzene rings is 1. The fourth-order valence-electron chi connectivity index (χ4n) is 2.19. The average molecular weight is 235 g/mol. The topological polar surface area (TPSA) is 69.6 Å². The molecule has 1 aromatic rings. The summed E-state index contributed by atoms with van der Waals surface area (Å²) < 4.78 is 0. The van der Waals surface area contributed by atoms with E-state index >= 15 is 0 Å². The van der Waals surface area contributed by atoms with Crippen LogP contribution < -0.4 is 5.32 Å². The highest BCUT2D eigenvalue weighted by atomic mass is 16.4. The molecule has 0 radical (unpaired) electrons. The molecule has 92 valence electrons. The van der Waals surface area contributed by atoms with Gasteiger partial charge in [0.1, 0.15) is 0 Å². The van der Waals surface area contributed by atoms with Gasteiger partial charge in [0.2, 0.25) is 0 Å². The number of hydrogen-bond donors (Lipinski definition) is 3. The van der Waals surface area contributed by atoms with Crippen LogP contribution in [0.15, 0.2) is 18.2 Å². The molecule has 0 aromatic heterocycles. The van der Waals surface area contributed by atoms with Crippen molar-refractivity contribution in [2.75, 3.05) is 11.9 Å². The van der Waals surface area contributed by atoms with Gasteiger partial charge in [-0.05, 0) is 37.3 Å². The van der Waals surface area contributed by atoms with Crippen LogP contribution in [0.2, 0.25) is 0 Å². The first-order chi connectivity index (χ1) is 8.08. The monoisotopic (exact) mass is 235 g/mol. The lowest BCUT2D eigenvalue weighted by Gasteiger charge is -2.32. The van der Waals surface area contributed by atoms with E-state index in [1.807, 2.05) is 13.0 Å². The van der Waals surface area contributed by atoms with Crippen molar-refractivity contribution in [1.29, 1.82) is 0 Å². The summed E-state index contributed by atoms with van der Waals surface area (Å²) in [6, 6.07) is 5.24.